The van der Waals surface area contributed by atoms with Crippen molar-refractivity contribution < 1.29 is 24.0 Å². The van der Waals surface area contributed by atoms with E-state index in [-0.39, 0.29) is 11.4 Å². The number of nitro groups is 1. The normalized spacial score (nSPS) is 10.5. The minimum atomic E-state index is -0.601. The fourth-order valence-electron chi connectivity index (χ4n) is 2.53. The highest BCUT2D eigenvalue weighted by molar-refractivity contribution is 9.10. The molecule has 1 amide bonds. The largest absolute Gasteiger partial charge is 0.477 e. The van der Waals surface area contributed by atoms with Crippen molar-refractivity contribution in [3.63, 3.8) is 0 Å². The summed E-state index contributed by atoms with van der Waals surface area (Å²) in [6.45, 7) is -0.453. The molecule has 0 saturated heterocycles. The zero-order valence-corrected chi connectivity index (χ0v) is 18.0. The first-order chi connectivity index (χ1) is 15.4. The molecular formula is C22H16BrN3O6. The van der Waals surface area contributed by atoms with Crippen LogP contribution in [0.1, 0.15) is 15.9 Å². The summed E-state index contributed by atoms with van der Waals surface area (Å²) in [4.78, 5) is 34.6. The third kappa shape index (κ3) is 6.22. The molecule has 0 unspecified atom stereocenters. The summed E-state index contributed by atoms with van der Waals surface area (Å²) in [7, 11) is 0. The van der Waals surface area contributed by atoms with Crippen molar-refractivity contribution in [1.82, 2.24) is 5.43 Å². The predicted octanol–water partition coefficient (Wildman–Crippen LogP) is 4.11. The lowest BCUT2D eigenvalue weighted by Gasteiger charge is -2.06. The Morgan fingerprint density at radius 1 is 1.06 bits per heavy atom. The van der Waals surface area contributed by atoms with E-state index >= 15 is 0 Å². The van der Waals surface area contributed by atoms with Gasteiger partial charge in [-0.3, -0.25) is 14.9 Å². The number of nitrogens with one attached hydrogen (secondary N) is 1. The van der Waals surface area contributed by atoms with E-state index < -0.39 is 23.4 Å². The standard InChI is InChI=1S/C22H16BrN3O6/c23-18-9-2-1-8-17(18)22(28)32-16-7-5-6-15(12-16)13-24-25-21(27)14-31-20-11-4-3-10-19(20)26(29)30/h1-13H,14H2,(H,25,27)/b24-13-. The lowest BCUT2D eigenvalue weighted by Crippen LogP contribution is -2.24. The summed E-state index contributed by atoms with van der Waals surface area (Å²) < 4.78 is 11.2. The molecule has 0 heterocycles. The van der Waals surface area contributed by atoms with E-state index in [0.717, 1.165) is 0 Å². The highest BCUT2D eigenvalue weighted by atomic mass is 79.9. The third-order valence-electron chi connectivity index (χ3n) is 3.99. The summed E-state index contributed by atoms with van der Waals surface area (Å²) in [5.41, 5.74) is 2.99. The van der Waals surface area contributed by atoms with Gasteiger partial charge in [0.15, 0.2) is 12.4 Å². The first-order valence-corrected chi connectivity index (χ1v) is 9.98. The average molecular weight is 498 g/mol. The van der Waals surface area contributed by atoms with Crippen LogP contribution in [-0.4, -0.2) is 29.6 Å². The Morgan fingerprint density at radius 3 is 2.59 bits per heavy atom. The van der Waals surface area contributed by atoms with Gasteiger partial charge < -0.3 is 9.47 Å². The Labute approximate surface area is 190 Å². The number of halogens is 1. The van der Waals surface area contributed by atoms with Crippen molar-refractivity contribution in [2.75, 3.05) is 6.61 Å². The minimum absolute atomic E-state index is 0.0174. The van der Waals surface area contributed by atoms with Crippen LogP contribution < -0.4 is 14.9 Å². The molecule has 162 valence electrons. The minimum Gasteiger partial charge on any atom is -0.477 e. The van der Waals surface area contributed by atoms with Gasteiger partial charge in [-0.25, -0.2) is 10.2 Å². The maximum absolute atomic E-state index is 12.3. The van der Waals surface area contributed by atoms with Crippen molar-refractivity contribution in [3.05, 3.63) is 98.5 Å². The van der Waals surface area contributed by atoms with Gasteiger partial charge in [-0.2, -0.15) is 5.10 Å². The third-order valence-corrected chi connectivity index (χ3v) is 4.68. The zero-order valence-electron chi connectivity index (χ0n) is 16.4. The van der Waals surface area contributed by atoms with Crippen molar-refractivity contribution in [2.45, 2.75) is 0 Å². The molecule has 32 heavy (non-hydrogen) atoms. The number of hydrogen-bond acceptors (Lipinski definition) is 7. The summed E-state index contributed by atoms with van der Waals surface area (Å²) in [6.07, 6.45) is 1.36. The van der Waals surface area contributed by atoms with Crippen LogP contribution >= 0.6 is 15.9 Å². The van der Waals surface area contributed by atoms with E-state index in [1.54, 1.807) is 54.6 Å². The molecule has 9 nitrogen and oxygen atoms in total. The molecule has 0 aromatic heterocycles. The number of rotatable bonds is 8. The maximum Gasteiger partial charge on any atom is 0.344 e. The molecule has 0 saturated carbocycles. The number of carbonyl (C=O) groups excluding carboxylic acids is 2. The fraction of sp³-hybridized carbons (Fsp3) is 0.0455. The summed E-state index contributed by atoms with van der Waals surface area (Å²) in [5.74, 6) is -0.833. The summed E-state index contributed by atoms with van der Waals surface area (Å²) in [5, 5.41) is 14.8. The number of carbonyl (C=O) groups is 2. The molecule has 0 spiro atoms. The molecule has 0 bridgehead atoms. The van der Waals surface area contributed by atoms with Gasteiger partial charge in [-0.1, -0.05) is 36.4 Å². The second-order valence-electron chi connectivity index (χ2n) is 6.25. The number of amides is 1. The number of nitrogens with zero attached hydrogens (tertiary/aromatic N) is 2. The zero-order chi connectivity index (χ0) is 22.9. The number of nitro benzene ring substituents is 1. The van der Waals surface area contributed by atoms with Crippen molar-refractivity contribution >= 4 is 39.7 Å². The van der Waals surface area contributed by atoms with Crippen molar-refractivity contribution in [1.29, 1.82) is 0 Å². The van der Waals surface area contributed by atoms with Crippen LogP contribution in [0.5, 0.6) is 11.5 Å². The van der Waals surface area contributed by atoms with Gasteiger partial charge in [0.2, 0.25) is 0 Å². The highest BCUT2D eigenvalue weighted by Gasteiger charge is 2.15. The Kier molecular flexibility index (Phi) is 7.65. The molecule has 0 radical (unpaired) electrons. The van der Waals surface area contributed by atoms with Crippen molar-refractivity contribution in [3.8, 4) is 11.5 Å². The van der Waals surface area contributed by atoms with E-state index in [2.05, 4.69) is 26.5 Å². The highest BCUT2D eigenvalue weighted by Crippen LogP contribution is 2.25. The van der Waals surface area contributed by atoms with Crippen LogP contribution in [0.25, 0.3) is 0 Å². The Morgan fingerprint density at radius 2 is 1.81 bits per heavy atom. The van der Waals surface area contributed by atoms with Crippen LogP contribution in [0.15, 0.2) is 82.4 Å². The first kappa shape index (κ1) is 22.6. The molecule has 10 heteroatoms. The lowest BCUT2D eigenvalue weighted by molar-refractivity contribution is -0.385. The number of hydrogen-bond donors (Lipinski definition) is 1. The maximum atomic E-state index is 12.3. The van der Waals surface area contributed by atoms with Gasteiger partial charge in [-0.15, -0.1) is 0 Å². The molecule has 3 rings (SSSR count). The van der Waals surface area contributed by atoms with E-state index in [1.807, 2.05) is 0 Å². The van der Waals surface area contributed by atoms with Crippen molar-refractivity contribution in [2.24, 2.45) is 5.10 Å². The van der Waals surface area contributed by atoms with Gasteiger partial charge in [0.05, 0.1) is 16.7 Å². The van der Waals surface area contributed by atoms with Crippen LogP contribution in [0.4, 0.5) is 5.69 Å². The quantitative estimate of drug-likeness (QED) is 0.164. The Balaban J connectivity index is 1.55. The second-order valence-corrected chi connectivity index (χ2v) is 7.10. The van der Waals surface area contributed by atoms with Gasteiger partial charge in [0, 0.05) is 10.5 Å². The molecule has 0 atom stereocenters. The predicted molar refractivity (Wildman–Crippen MR) is 120 cm³/mol. The molecule has 0 aliphatic heterocycles. The first-order valence-electron chi connectivity index (χ1n) is 9.19. The Hall–Kier alpha value is -4.05. The molecule has 3 aromatic carbocycles. The Bertz CT molecular complexity index is 1180. The average Bonchev–Trinajstić information content (AvgIpc) is 2.78. The van der Waals surface area contributed by atoms with Crippen LogP contribution in [0.2, 0.25) is 0 Å². The van der Waals surface area contributed by atoms with Crippen LogP contribution in [-0.2, 0) is 4.79 Å². The lowest BCUT2D eigenvalue weighted by atomic mass is 10.2. The molecule has 0 fully saturated rings. The number of esters is 1. The molecule has 0 aliphatic carbocycles. The molecular weight excluding hydrogens is 482 g/mol. The van der Waals surface area contributed by atoms with E-state index in [4.69, 9.17) is 9.47 Å². The summed E-state index contributed by atoms with van der Waals surface area (Å²) >= 11 is 3.31. The summed E-state index contributed by atoms with van der Waals surface area (Å²) in [6, 6.07) is 19.2. The van der Waals surface area contributed by atoms with E-state index in [1.165, 1.54) is 24.4 Å². The van der Waals surface area contributed by atoms with Crippen LogP contribution in [0.3, 0.4) is 0 Å². The number of benzene rings is 3. The van der Waals surface area contributed by atoms with Crippen LogP contribution in [0, 0.1) is 10.1 Å². The molecule has 3 aromatic rings. The van der Waals surface area contributed by atoms with E-state index in [9.17, 15) is 19.7 Å². The number of hydrazone groups is 1. The number of ether oxygens (including phenoxy) is 2. The number of para-hydroxylation sites is 2. The van der Waals surface area contributed by atoms with Gasteiger partial charge >= 0.3 is 11.7 Å². The van der Waals surface area contributed by atoms with Gasteiger partial charge in [0.1, 0.15) is 5.75 Å². The van der Waals surface area contributed by atoms with E-state index in [0.29, 0.717) is 21.3 Å². The SMILES string of the molecule is O=C(COc1ccccc1[N+](=O)[O-])N/N=C\c1cccc(OC(=O)c2ccccc2Br)c1. The molecule has 1 N–H and O–H groups in total. The molecule has 0 aliphatic rings. The topological polar surface area (TPSA) is 120 Å². The van der Waals surface area contributed by atoms with Gasteiger partial charge in [0.25, 0.3) is 5.91 Å². The monoisotopic (exact) mass is 497 g/mol. The smallest absolute Gasteiger partial charge is 0.344 e. The fourth-order valence-corrected chi connectivity index (χ4v) is 2.98. The second kappa shape index (κ2) is 10.8. The van der Waals surface area contributed by atoms with Gasteiger partial charge in [-0.05, 0) is 51.8 Å².